The Morgan fingerprint density at radius 2 is 2.21 bits per heavy atom. The van der Waals surface area contributed by atoms with Gasteiger partial charge in [0.05, 0.1) is 5.56 Å². The molecule has 76 valence electrons. The first-order chi connectivity index (χ1) is 6.43. The van der Waals surface area contributed by atoms with Crippen LogP contribution in [0.1, 0.15) is 22.5 Å². The molecule has 1 aromatic heterocycles. The molecule has 14 heavy (non-hydrogen) atoms. The lowest BCUT2D eigenvalue weighted by atomic mass is 10.2. The number of carbonyl (C=O) groups is 1. The number of rotatable bonds is 2. The summed E-state index contributed by atoms with van der Waals surface area (Å²) in [5, 5.41) is -0.837. The molecule has 1 rings (SSSR count). The summed E-state index contributed by atoms with van der Waals surface area (Å²) in [4.78, 5) is 14.1. The molecule has 0 fully saturated rings. The number of halogens is 4. The zero-order chi connectivity index (χ0) is 10.9. The molecular formula is C7H4BrClF2N2O. The number of alkyl halides is 2. The van der Waals surface area contributed by atoms with Gasteiger partial charge in [-0.1, -0.05) is 0 Å². The van der Waals surface area contributed by atoms with Gasteiger partial charge in [0, 0.05) is 4.47 Å². The largest absolute Gasteiger partial charge is 0.383 e. The van der Waals surface area contributed by atoms with E-state index in [0.717, 1.165) is 6.07 Å². The van der Waals surface area contributed by atoms with E-state index in [1.807, 2.05) is 0 Å². The van der Waals surface area contributed by atoms with Gasteiger partial charge in [0.2, 0.25) is 0 Å². The summed E-state index contributed by atoms with van der Waals surface area (Å²) < 4.78 is 24.6. The van der Waals surface area contributed by atoms with Gasteiger partial charge in [0.15, 0.2) is 0 Å². The zero-order valence-corrected chi connectivity index (χ0v) is 8.94. The van der Waals surface area contributed by atoms with Gasteiger partial charge >= 0.3 is 0 Å². The van der Waals surface area contributed by atoms with Gasteiger partial charge in [-0.25, -0.2) is 13.8 Å². The predicted octanol–water partition coefficient (Wildman–Crippen LogP) is 2.74. The quantitative estimate of drug-likeness (QED) is 0.850. The molecule has 2 N–H and O–H groups in total. The molecule has 1 aromatic rings. The van der Waals surface area contributed by atoms with Gasteiger partial charge in [-0.05, 0) is 33.6 Å². The summed E-state index contributed by atoms with van der Waals surface area (Å²) >= 11 is 7.99. The Morgan fingerprint density at radius 3 is 2.64 bits per heavy atom. The van der Waals surface area contributed by atoms with Crippen LogP contribution in [0.25, 0.3) is 0 Å². The summed E-state index contributed by atoms with van der Waals surface area (Å²) in [7, 11) is 0. The first kappa shape index (κ1) is 11.3. The second-order valence-electron chi connectivity index (χ2n) is 2.36. The van der Waals surface area contributed by atoms with Crippen LogP contribution >= 0.6 is 27.5 Å². The van der Waals surface area contributed by atoms with Crippen LogP contribution in [-0.4, -0.2) is 10.2 Å². The number of nitrogens with two attached hydrogens (primary N) is 1. The Hall–Kier alpha value is -0.750. The average molecular weight is 285 g/mol. The normalized spacial score (nSPS) is 10.6. The van der Waals surface area contributed by atoms with Gasteiger partial charge in [-0.3, -0.25) is 4.79 Å². The van der Waals surface area contributed by atoms with E-state index in [2.05, 4.69) is 20.9 Å². The molecule has 0 saturated heterocycles. The number of hydrogen-bond acceptors (Lipinski definition) is 3. The summed E-state index contributed by atoms with van der Waals surface area (Å²) in [6, 6.07) is 1.12. The van der Waals surface area contributed by atoms with Crippen molar-refractivity contribution in [2.75, 3.05) is 5.73 Å². The molecule has 0 aliphatic carbocycles. The number of pyridine rings is 1. The highest BCUT2D eigenvalue weighted by atomic mass is 79.9. The second-order valence-corrected chi connectivity index (χ2v) is 3.56. The lowest BCUT2D eigenvalue weighted by Gasteiger charge is -2.06. The van der Waals surface area contributed by atoms with Crippen molar-refractivity contribution in [1.29, 1.82) is 0 Å². The van der Waals surface area contributed by atoms with E-state index in [-0.39, 0.29) is 15.9 Å². The maximum absolute atomic E-state index is 12.3. The lowest BCUT2D eigenvalue weighted by Crippen LogP contribution is -2.04. The Balaban J connectivity index is 3.31. The van der Waals surface area contributed by atoms with Crippen LogP contribution in [0.4, 0.5) is 14.6 Å². The molecule has 0 aliphatic heterocycles. The van der Waals surface area contributed by atoms with Crippen LogP contribution in [0.2, 0.25) is 0 Å². The Bertz CT molecular complexity index is 386. The first-order valence-corrected chi connectivity index (χ1v) is 4.54. The number of anilines is 1. The molecular weight excluding hydrogens is 281 g/mol. The minimum atomic E-state index is -2.76. The van der Waals surface area contributed by atoms with Crippen molar-refractivity contribution >= 4 is 38.6 Å². The minimum absolute atomic E-state index is 0.00528. The van der Waals surface area contributed by atoms with Crippen LogP contribution in [0, 0.1) is 0 Å². The molecule has 0 spiro atoms. The van der Waals surface area contributed by atoms with Crippen molar-refractivity contribution in [3.05, 3.63) is 21.8 Å². The SMILES string of the molecule is Nc1nc(C(F)F)c(Br)cc1C(=O)Cl. The molecule has 0 aromatic carbocycles. The van der Waals surface area contributed by atoms with Crippen molar-refractivity contribution in [2.24, 2.45) is 0 Å². The highest BCUT2D eigenvalue weighted by Crippen LogP contribution is 2.28. The molecule has 0 amide bonds. The highest BCUT2D eigenvalue weighted by Gasteiger charge is 2.18. The number of nitrogens with zero attached hydrogens (tertiary/aromatic N) is 1. The van der Waals surface area contributed by atoms with E-state index in [0.29, 0.717) is 0 Å². The van der Waals surface area contributed by atoms with Crippen molar-refractivity contribution in [3.63, 3.8) is 0 Å². The lowest BCUT2D eigenvalue weighted by molar-refractivity contribution is 0.108. The van der Waals surface area contributed by atoms with Gasteiger partial charge in [0.1, 0.15) is 11.5 Å². The minimum Gasteiger partial charge on any atom is -0.383 e. The monoisotopic (exact) mass is 284 g/mol. The van der Waals surface area contributed by atoms with Crippen molar-refractivity contribution in [1.82, 2.24) is 4.98 Å². The third-order valence-corrected chi connectivity index (χ3v) is 2.29. The van der Waals surface area contributed by atoms with E-state index < -0.39 is 17.4 Å². The van der Waals surface area contributed by atoms with Crippen molar-refractivity contribution in [3.8, 4) is 0 Å². The summed E-state index contributed by atoms with van der Waals surface area (Å²) in [5.74, 6) is -0.302. The smallest absolute Gasteiger partial charge is 0.281 e. The highest BCUT2D eigenvalue weighted by molar-refractivity contribution is 9.10. The Kier molecular flexibility index (Phi) is 3.38. The molecule has 3 nitrogen and oxygen atoms in total. The number of nitrogen functional groups attached to an aromatic ring is 1. The van der Waals surface area contributed by atoms with Crippen LogP contribution < -0.4 is 5.73 Å². The van der Waals surface area contributed by atoms with E-state index in [1.54, 1.807) is 0 Å². The average Bonchev–Trinajstić information content (AvgIpc) is 2.07. The van der Waals surface area contributed by atoms with E-state index in [1.165, 1.54) is 0 Å². The third-order valence-electron chi connectivity index (χ3n) is 1.45. The van der Waals surface area contributed by atoms with Crippen molar-refractivity contribution in [2.45, 2.75) is 6.43 Å². The molecule has 0 saturated carbocycles. The Morgan fingerprint density at radius 1 is 1.64 bits per heavy atom. The predicted molar refractivity (Wildman–Crippen MR) is 51.5 cm³/mol. The maximum atomic E-state index is 12.3. The molecule has 0 radical (unpaired) electrons. The number of aromatic nitrogens is 1. The molecule has 0 unspecified atom stereocenters. The van der Waals surface area contributed by atoms with Gasteiger partial charge in [-0.15, -0.1) is 0 Å². The maximum Gasteiger partial charge on any atom is 0.281 e. The van der Waals surface area contributed by atoms with E-state index in [4.69, 9.17) is 17.3 Å². The van der Waals surface area contributed by atoms with Crippen LogP contribution in [0.5, 0.6) is 0 Å². The van der Waals surface area contributed by atoms with Crippen LogP contribution in [0.15, 0.2) is 10.5 Å². The van der Waals surface area contributed by atoms with Crippen LogP contribution in [0.3, 0.4) is 0 Å². The molecule has 0 atom stereocenters. The standard InChI is InChI=1S/C7H4BrClF2N2O/c8-3-1-2(5(9)14)7(12)13-4(3)6(10)11/h1,6H,(H2,12,13). The van der Waals surface area contributed by atoms with Gasteiger partial charge in [0.25, 0.3) is 11.7 Å². The number of hydrogen-bond donors (Lipinski definition) is 1. The zero-order valence-electron chi connectivity index (χ0n) is 6.60. The second kappa shape index (κ2) is 4.18. The van der Waals surface area contributed by atoms with Crippen LogP contribution in [-0.2, 0) is 0 Å². The van der Waals surface area contributed by atoms with Gasteiger partial charge in [-0.2, -0.15) is 0 Å². The first-order valence-electron chi connectivity index (χ1n) is 3.37. The fraction of sp³-hybridized carbons (Fsp3) is 0.143. The summed E-state index contributed by atoms with van der Waals surface area (Å²) in [5.41, 5.74) is 4.65. The van der Waals surface area contributed by atoms with E-state index >= 15 is 0 Å². The molecule has 7 heteroatoms. The molecule has 0 aliphatic rings. The summed E-state index contributed by atoms with van der Waals surface area (Å²) in [6.45, 7) is 0. The van der Waals surface area contributed by atoms with Gasteiger partial charge < -0.3 is 5.73 Å². The van der Waals surface area contributed by atoms with E-state index in [9.17, 15) is 13.6 Å². The molecule has 1 heterocycles. The fourth-order valence-electron chi connectivity index (χ4n) is 0.828. The van der Waals surface area contributed by atoms with Crippen molar-refractivity contribution < 1.29 is 13.6 Å². The Labute approximate surface area is 91.4 Å². The summed E-state index contributed by atoms with van der Waals surface area (Å²) in [6.07, 6.45) is -2.76. The third kappa shape index (κ3) is 2.19. The topological polar surface area (TPSA) is 56.0 Å². The fourth-order valence-corrected chi connectivity index (χ4v) is 1.47. The number of carbonyl (C=O) groups excluding carboxylic acids is 1. The molecule has 0 bridgehead atoms.